The zero-order valence-electron chi connectivity index (χ0n) is 9.62. The highest BCUT2D eigenvalue weighted by Crippen LogP contribution is 2.40. The highest BCUT2D eigenvalue weighted by Gasteiger charge is 2.32. The van der Waals surface area contributed by atoms with Crippen molar-refractivity contribution in [2.75, 3.05) is 6.61 Å². The van der Waals surface area contributed by atoms with E-state index in [4.69, 9.17) is 9.84 Å². The summed E-state index contributed by atoms with van der Waals surface area (Å²) in [5, 5.41) is 8.69. The van der Waals surface area contributed by atoms with E-state index in [0.717, 1.165) is 11.3 Å². The van der Waals surface area contributed by atoms with Crippen molar-refractivity contribution >= 4 is 5.97 Å². The molecule has 0 fully saturated rings. The molecule has 0 atom stereocenters. The first kappa shape index (κ1) is 11.0. The summed E-state index contributed by atoms with van der Waals surface area (Å²) >= 11 is 0. The van der Waals surface area contributed by atoms with E-state index in [1.807, 2.05) is 12.1 Å². The minimum absolute atomic E-state index is 0.0363. The molecule has 0 aliphatic carbocycles. The van der Waals surface area contributed by atoms with Gasteiger partial charge in [-0.2, -0.15) is 0 Å². The molecule has 0 saturated carbocycles. The number of ether oxygens (including phenoxy) is 1. The fraction of sp³-hybridized carbons (Fsp3) is 0.462. The summed E-state index contributed by atoms with van der Waals surface area (Å²) in [6.07, 6.45) is 0.689. The van der Waals surface area contributed by atoms with Gasteiger partial charge in [0.25, 0.3) is 0 Å². The molecule has 1 heterocycles. The molecule has 1 N–H and O–H groups in total. The van der Waals surface area contributed by atoms with Crippen LogP contribution in [-0.2, 0) is 16.6 Å². The summed E-state index contributed by atoms with van der Waals surface area (Å²) < 4.78 is 5.68. The lowest BCUT2D eigenvalue weighted by Crippen LogP contribution is -2.18. The first-order valence-corrected chi connectivity index (χ1v) is 5.48. The SMILES string of the molecule is CC1(C)COc2c(CCC(=O)O)cccc21. The Labute approximate surface area is 95.0 Å². The molecule has 1 aliphatic heterocycles. The number of hydrogen-bond donors (Lipinski definition) is 1. The van der Waals surface area contributed by atoms with Crippen molar-refractivity contribution in [3.8, 4) is 5.75 Å². The van der Waals surface area contributed by atoms with Gasteiger partial charge in [0.15, 0.2) is 0 Å². The minimum Gasteiger partial charge on any atom is -0.492 e. The number of aryl methyl sites for hydroxylation is 1. The van der Waals surface area contributed by atoms with E-state index in [2.05, 4.69) is 19.9 Å². The van der Waals surface area contributed by atoms with Crippen molar-refractivity contribution in [3.05, 3.63) is 29.3 Å². The Kier molecular flexibility index (Phi) is 2.62. The van der Waals surface area contributed by atoms with Crippen LogP contribution in [0, 0.1) is 0 Å². The number of fused-ring (bicyclic) bond motifs is 1. The lowest BCUT2D eigenvalue weighted by Gasteiger charge is -2.15. The largest absolute Gasteiger partial charge is 0.492 e. The van der Waals surface area contributed by atoms with E-state index >= 15 is 0 Å². The molecule has 1 aromatic carbocycles. The Bertz CT molecular complexity index is 421. The molecule has 2 rings (SSSR count). The molecule has 3 heteroatoms. The molecular weight excluding hydrogens is 204 g/mol. The molecule has 0 unspecified atom stereocenters. The molecular formula is C13H16O3. The molecule has 16 heavy (non-hydrogen) atoms. The molecule has 0 saturated heterocycles. The highest BCUT2D eigenvalue weighted by molar-refractivity contribution is 5.67. The van der Waals surface area contributed by atoms with Gasteiger partial charge in [-0.05, 0) is 12.0 Å². The predicted octanol–water partition coefficient (Wildman–Crippen LogP) is 2.37. The minimum atomic E-state index is -0.769. The number of benzene rings is 1. The zero-order chi connectivity index (χ0) is 11.8. The van der Waals surface area contributed by atoms with Gasteiger partial charge in [-0.1, -0.05) is 32.0 Å². The van der Waals surface area contributed by atoms with Crippen molar-refractivity contribution in [1.29, 1.82) is 0 Å². The summed E-state index contributed by atoms with van der Waals surface area (Å²) in [5.74, 6) is 0.128. The first-order chi connectivity index (χ1) is 7.50. The van der Waals surface area contributed by atoms with Crippen LogP contribution in [0.2, 0.25) is 0 Å². The second-order valence-electron chi connectivity index (χ2n) is 4.86. The Morgan fingerprint density at radius 2 is 2.25 bits per heavy atom. The number of rotatable bonds is 3. The topological polar surface area (TPSA) is 46.5 Å². The summed E-state index contributed by atoms with van der Waals surface area (Å²) in [4.78, 5) is 10.6. The number of carboxylic acid groups (broad SMARTS) is 1. The van der Waals surface area contributed by atoms with Crippen molar-refractivity contribution in [1.82, 2.24) is 0 Å². The molecule has 1 aliphatic rings. The van der Waals surface area contributed by atoms with E-state index < -0.39 is 5.97 Å². The number of hydrogen-bond acceptors (Lipinski definition) is 2. The van der Waals surface area contributed by atoms with Crippen LogP contribution in [0.25, 0.3) is 0 Å². The van der Waals surface area contributed by atoms with Crippen molar-refractivity contribution in [2.45, 2.75) is 32.1 Å². The number of para-hydroxylation sites is 1. The third-order valence-electron chi connectivity index (χ3n) is 3.01. The standard InChI is InChI=1S/C13H16O3/c1-13(2)8-16-12-9(6-7-11(14)15)4-3-5-10(12)13/h3-5H,6-8H2,1-2H3,(H,14,15). The molecule has 1 aromatic rings. The maximum Gasteiger partial charge on any atom is 0.303 e. The van der Waals surface area contributed by atoms with Crippen LogP contribution < -0.4 is 4.74 Å². The van der Waals surface area contributed by atoms with Crippen LogP contribution in [0.5, 0.6) is 5.75 Å². The van der Waals surface area contributed by atoms with E-state index in [-0.39, 0.29) is 11.8 Å². The molecule has 86 valence electrons. The fourth-order valence-electron chi connectivity index (χ4n) is 2.06. The van der Waals surface area contributed by atoms with Gasteiger partial charge in [0, 0.05) is 17.4 Å². The van der Waals surface area contributed by atoms with E-state index in [1.165, 1.54) is 5.56 Å². The van der Waals surface area contributed by atoms with Crippen LogP contribution in [0.1, 0.15) is 31.4 Å². The van der Waals surface area contributed by atoms with Crippen LogP contribution in [-0.4, -0.2) is 17.7 Å². The summed E-state index contributed by atoms with van der Waals surface area (Å²) in [6.45, 7) is 4.95. The summed E-state index contributed by atoms with van der Waals surface area (Å²) in [5.41, 5.74) is 2.23. The summed E-state index contributed by atoms with van der Waals surface area (Å²) in [6, 6.07) is 5.99. The van der Waals surface area contributed by atoms with Gasteiger partial charge in [-0.15, -0.1) is 0 Å². The fourth-order valence-corrected chi connectivity index (χ4v) is 2.06. The lowest BCUT2D eigenvalue weighted by molar-refractivity contribution is -0.136. The maximum atomic E-state index is 10.6. The van der Waals surface area contributed by atoms with Gasteiger partial charge in [0.2, 0.25) is 0 Å². The Morgan fingerprint density at radius 3 is 2.94 bits per heavy atom. The van der Waals surface area contributed by atoms with Gasteiger partial charge in [0.1, 0.15) is 5.75 Å². The molecule has 0 spiro atoms. The third-order valence-corrected chi connectivity index (χ3v) is 3.01. The van der Waals surface area contributed by atoms with Crippen LogP contribution >= 0.6 is 0 Å². The van der Waals surface area contributed by atoms with Gasteiger partial charge >= 0.3 is 5.97 Å². The Hall–Kier alpha value is -1.51. The first-order valence-electron chi connectivity index (χ1n) is 5.48. The average Bonchev–Trinajstić information content (AvgIpc) is 2.53. The lowest BCUT2D eigenvalue weighted by atomic mass is 9.86. The van der Waals surface area contributed by atoms with E-state index in [1.54, 1.807) is 0 Å². The Balaban J connectivity index is 2.29. The van der Waals surface area contributed by atoms with Crippen molar-refractivity contribution in [3.63, 3.8) is 0 Å². The van der Waals surface area contributed by atoms with Gasteiger partial charge in [-0.25, -0.2) is 0 Å². The van der Waals surface area contributed by atoms with Crippen molar-refractivity contribution < 1.29 is 14.6 Å². The summed E-state index contributed by atoms with van der Waals surface area (Å²) in [7, 11) is 0. The van der Waals surface area contributed by atoms with Gasteiger partial charge < -0.3 is 9.84 Å². The molecule has 3 nitrogen and oxygen atoms in total. The number of carboxylic acids is 1. The predicted molar refractivity (Wildman–Crippen MR) is 60.9 cm³/mol. The quantitative estimate of drug-likeness (QED) is 0.850. The average molecular weight is 220 g/mol. The van der Waals surface area contributed by atoms with Gasteiger partial charge in [0.05, 0.1) is 6.61 Å². The smallest absolute Gasteiger partial charge is 0.303 e. The Morgan fingerprint density at radius 1 is 1.50 bits per heavy atom. The second kappa shape index (κ2) is 3.81. The van der Waals surface area contributed by atoms with E-state index in [0.29, 0.717) is 13.0 Å². The third kappa shape index (κ3) is 1.90. The van der Waals surface area contributed by atoms with Crippen molar-refractivity contribution in [2.24, 2.45) is 0 Å². The maximum absolute atomic E-state index is 10.6. The van der Waals surface area contributed by atoms with Crippen LogP contribution in [0.3, 0.4) is 0 Å². The molecule has 0 bridgehead atoms. The van der Waals surface area contributed by atoms with E-state index in [9.17, 15) is 4.79 Å². The zero-order valence-corrected chi connectivity index (χ0v) is 9.62. The number of aliphatic carboxylic acids is 1. The highest BCUT2D eigenvalue weighted by atomic mass is 16.5. The van der Waals surface area contributed by atoms with Crippen LogP contribution in [0.15, 0.2) is 18.2 Å². The van der Waals surface area contributed by atoms with Gasteiger partial charge in [-0.3, -0.25) is 4.79 Å². The monoisotopic (exact) mass is 220 g/mol. The second-order valence-corrected chi connectivity index (χ2v) is 4.86. The van der Waals surface area contributed by atoms with Crippen LogP contribution in [0.4, 0.5) is 0 Å². The number of carbonyl (C=O) groups is 1. The molecule has 0 radical (unpaired) electrons. The molecule has 0 aromatic heterocycles. The normalized spacial score (nSPS) is 16.6. The molecule has 0 amide bonds.